The first-order valence-electron chi connectivity index (χ1n) is 3.47. The van der Waals surface area contributed by atoms with E-state index in [2.05, 4.69) is 17.6 Å². The van der Waals surface area contributed by atoms with Crippen LogP contribution in [0.3, 0.4) is 0 Å². The second-order valence-electron chi connectivity index (χ2n) is 2.40. The highest BCUT2D eigenvalue weighted by atomic mass is 32.2. The zero-order valence-electron chi connectivity index (χ0n) is 7.15. The zero-order valence-corrected chi connectivity index (χ0v) is 8.78. The van der Waals surface area contributed by atoms with Gasteiger partial charge < -0.3 is 5.73 Å². The maximum Gasteiger partial charge on any atom is 0.183 e. The summed E-state index contributed by atoms with van der Waals surface area (Å²) in [6, 6.07) is 2.15. The van der Waals surface area contributed by atoms with Crippen LogP contribution in [0.1, 0.15) is 5.69 Å². The van der Waals surface area contributed by atoms with Crippen LogP contribution < -0.4 is 5.73 Å². The lowest BCUT2D eigenvalue weighted by molar-refractivity contribution is 0.877. The molecule has 0 saturated heterocycles. The number of nitrogens with two attached hydrogens (primary N) is 1. The number of hydrogen-bond donors (Lipinski definition) is 1. The molecule has 0 saturated carbocycles. The number of thiazole rings is 1. The third kappa shape index (κ3) is 1.55. The van der Waals surface area contributed by atoms with Crippen LogP contribution in [0, 0.1) is 11.3 Å². The quantitative estimate of drug-likeness (QED) is 0.826. The highest BCUT2D eigenvalue weighted by Crippen LogP contribution is 2.37. The van der Waals surface area contributed by atoms with Gasteiger partial charge in [0.05, 0.1) is 17.3 Å². The topological polar surface area (TPSA) is 62.7 Å². The molecule has 13 heavy (non-hydrogen) atoms. The number of aromatic nitrogens is 1. The van der Waals surface area contributed by atoms with Crippen LogP contribution in [-0.4, -0.2) is 11.2 Å². The van der Waals surface area contributed by atoms with Gasteiger partial charge in [-0.1, -0.05) is 6.58 Å². The van der Waals surface area contributed by atoms with Crippen molar-refractivity contribution in [2.45, 2.75) is 4.75 Å². The van der Waals surface area contributed by atoms with E-state index in [1.807, 2.05) is 11.6 Å². The predicted molar refractivity (Wildman–Crippen MR) is 56.2 cm³/mol. The Balaban J connectivity index is 3.21. The standard InChI is InChI=1S/C8H9N3S2/c1-6(10)8(4-9,12-2)7-3-13-5-11-7/h3,5H,1,10H2,2H3. The lowest BCUT2D eigenvalue weighted by Gasteiger charge is -2.21. The van der Waals surface area contributed by atoms with Gasteiger partial charge in [-0.3, -0.25) is 0 Å². The smallest absolute Gasteiger partial charge is 0.183 e. The summed E-state index contributed by atoms with van der Waals surface area (Å²) in [4.78, 5) is 4.09. The predicted octanol–water partition coefficient (Wildman–Crippen LogP) is 1.70. The summed E-state index contributed by atoms with van der Waals surface area (Å²) < 4.78 is -0.889. The fourth-order valence-corrected chi connectivity index (χ4v) is 2.31. The molecule has 2 N–H and O–H groups in total. The van der Waals surface area contributed by atoms with Crippen molar-refractivity contribution in [3.63, 3.8) is 0 Å². The number of rotatable bonds is 3. The molecule has 0 bridgehead atoms. The van der Waals surface area contributed by atoms with Crippen LogP contribution in [0.2, 0.25) is 0 Å². The largest absolute Gasteiger partial charge is 0.400 e. The van der Waals surface area contributed by atoms with Crippen molar-refractivity contribution in [3.8, 4) is 6.07 Å². The Kier molecular flexibility index (Phi) is 2.96. The van der Waals surface area contributed by atoms with Crippen LogP contribution >= 0.6 is 23.1 Å². The van der Waals surface area contributed by atoms with Crippen LogP contribution in [0.15, 0.2) is 23.2 Å². The first-order chi connectivity index (χ1) is 6.17. The molecule has 0 aromatic carbocycles. The monoisotopic (exact) mass is 211 g/mol. The lowest BCUT2D eigenvalue weighted by Crippen LogP contribution is -2.27. The molecule has 1 atom stereocenters. The maximum absolute atomic E-state index is 9.07. The molecule has 5 heteroatoms. The molecule has 0 fully saturated rings. The Labute approximate surface area is 85.3 Å². The summed E-state index contributed by atoms with van der Waals surface area (Å²) in [5, 5.41) is 10.9. The minimum Gasteiger partial charge on any atom is -0.400 e. The molecule has 3 nitrogen and oxygen atoms in total. The molecule has 0 aliphatic carbocycles. The highest BCUT2D eigenvalue weighted by molar-refractivity contribution is 8.00. The molecular formula is C8H9N3S2. The third-order valence-corrected chi connectivity index (χ3v) is 3.47. The van der Waals surface area contributed by atoms with Gasteiger partial charge in [-0.25, -0.2) is 4.98 Å². The van der Waals surface area contributed by atoms with Gasteiger partial charge in [-0.05, 0) is 6.26 Å². The Morgan fingerprint density at radius 3 is 2.92 bits per heavy atom. The van der Waals surface area contributed by atoms with Crippen molar-refractivity contribution in [1.29, 1.82) is 5.26 Å². The minimum absolute atomic E-state index is 0.327. The van der Waals surface area contributed by atoms with Gasteiger partial charge in [0, 0.05) is 11.1 Å². The summed E-state index contributed by atoms with van der Waals surface area (Å²) >= 11 is 2.78. The van der Waals surface area contributed by atoms with Gasteiger partial charge in [0.25, 0.3) is 0 Å². The van der Waals surface area contributed by atoms with Crippen LogP contribution in [0.25, 0.3) is 0 Å². The average molecular weight is 211 g/mol. The fourth-order valence-electron chi connectivity index (χ4n) is 0.961. The summed E-state index contributed by atoms with van der Waals surface area (Å²) in [6.45, 7) is 3.62. The molecule has 0 spiro atoms. The molecule has 1 heterocycles. The third-order valence-electron chi connectivity index (χ3n) is 1.71. The molecule has 0 aliphatic heterocycles. The summed E-state index contributed by atoms with van der Waals surface area (Å²) in [5.74, 6) is 0. The van der Waals surface area contributed by atoms with Gasteiger partial charge in [0.2, 0.25) is 0 Å². The zero-order chi connectivity index (χ0) is 9.90. The average Bonchev–Trinajstić information content (AvgIpc) is 2.60. The Morgan fingerprint density at radius 1 is 1.92 bits per heavy atom. The lowest BCUT2D eigenvalue weighted by atomic mass is 10.0. The van der Waals surface area contributed by atoms with Crippen molar-refractivity contribution < 1.29 is 0 Å². The highest BCUT2D eigenvalue weighted by Gasteiger charge is 2.35. The van der Waals surface area contributed by atoms with E-state index in [4.69, 9.17) is 11.0 Å². The number of nitrogens with zero attached hydrogens (tertiary/aromatic N) is 2. The maximum atomic E-state index is 9.07. The van der Waals surface area contributed by atoms with Gasteiger partial charge in [0.15, 0.2) is 4.75 Å². The number of nitriles is 1. The Morgan fingerprint density at radius 2 is 2.62 bits per heavy atom. The van der Waals surface area contributed by atoms with E-state index >= 15 is 0 Å². The molecule has 1 unspecified atom stereocenters. The van der Waals surface area contributed by atoms with Crippen molar-refractivity contribution >= 4 is 23.1 Å². The molecule has 1 rings (SSSR count). The Hall–Kier alpha value is -0.990. The number of hydrogen-bond acceptors (Lipinski definition) is 5. The normalized spacial score (nSPS) is 14.5. The summed E-state index contributed by atoms with van der Waals surface area (Å²) in [6.07, 6.45) is 1.82. The van der Waals surface area contributed by atoms with Crippen molar-refractivity contribution in [3.05, 3.63) is 28.9 Å². The molecule has 0 radical (unpaired) electrons. The molecular weight excluding hydrogens is 202 g/mol. The first-order valence-corrected chi connectivity index (χ1v) is 5.64. The fraction of sp³-hybridized carbons (Fsp3) is 0.250. The molecule has 68 valence electrons. The first kappa shape index (κ1) is 10.1. The molecule has 0 amide bonds. The van der Waals surface area contributed by atoms with E-state index in [9.17, 15) is 0 Å². The molecule has 1 aromatic rings. The Bertz CT molecular complexity index is 339. The second-order valence-corrected chi connectivity index (χ2v) is 4.14. The minimum atomic E-state index is -0.889. The molecule has 1 aromatic heterocycles. The van der Waals surface area contributed by atoms with E-state index in [-0.39, 0.29) is 0 Å². The van der Waals surface area contributed by atoms with Gasteiger partial charge in [-0.2, -0.15) is 5.26 Å². The molecule has 0 aliphatic rings. The van der Waals surface area contributed by atoms with E-state index < -0.39 is 4.75 Å². The van der Waals surface area contributed by atoms with Crippen molar-refractivity contribution in [2.24, 2.45) is 5.73 Å². The van der Waals surface area contributed by atoms with Crippen molar-refractivity contribution in [1.82, 2.24) is 4.98 Å². The number of thioether (sulfide) groups is 1. The second kappa shape index (κ2) is 3.81. The van der Waals surface area contributed by atoms with Crippen LogP contribution in [0.4, 0.5) is 0 Å². The van der Waals surface area contributed by atoms with Gasteiger partial charge >= 0.3 is 0 Å². The van der Waals surface area contributed by atoms with E-state index in [1.165, 1.54) is 23.1 Å². The van der Waals surface area contributed by atoms with E-state index in [0.29, 0.717) is 11.4 Å². The van der Waals surface area contributed by atoms with E-state index in [0.717, 1.165) is 0 Å². The summed E-state index contributed by atoms with van der Waals surface area (Å²) in [5.41, 5.74) is 8.29. The van der Waals surface area contributed by atoms with Gasteiger partial charge in [0.1, 0.15) is 0 Å². The summed E-state index contributed by atoms with van der Waals surface area (Å²) in [7, 11) is 0. The van der Waals surface area contributed by atoms with Crippen molar-refractivity contribution in [2.75, 3.05) is 6.26 Å². The van der Waals surface area contributed by atoms with E-state index in [1.54, 1.807) is 5.51 Å². The van der Waals surface area contributed by atoms with Crippen LogP contribution in [0.5, 0.6) is 0 Å². The van der Waals surface area contributed by atoms with Gasteiger partial charge in [-0.15, -0.1) is 23.1 Å². The van der Waals surface area contributed by atoms with Crippen LogP contribution in [-0.2, 0) is 4.75 Å². The SMILES string of the molecule is C=C(N)C(C#N)(SC)c1cscn1.